The zero-order valence-corrected chi connectivity index (χ0v) is 12.1. The van der Waals surface area contributed by atoms with Crippen LogP contribution in [-0.2, 0) is 15.0 Å². The summed E-state index contributed by atoms with van der Waals surface area (Å²) in [5.74, 6) is 0.0309. The van der Waals surface area contributed by atoms with E-state index in [-0.39, 0.29) is 18.2 Å². The van der Waals surface area contributed by atoms with Crippen molar-refractivity contribution in [2.75, 3.05) is 13.1 Å². The molecule has 1 aliphatic heterocycles. The number of benzene rings is 1. The van der Waals surface area contributed by atoms with Gasteiger partial charge in [0.15, 0.2) is 0 Å². The van der Waals surface area contributed by atoms with Crippen molar-refractivity contribution in [1.29, 1.82) is 0 Å². The van der Waals surface area contributed by atoms with Gasteiger partial charge in [-0.3, -0.25) is 19.6 Å². The Morgan fingerprint density at radius 3 is 2.43 bits per heavy atom. The molecule has 2 aliphatic rings. The van der Waals surface area contributed by atoms with E-state index >= 15 is 0 Å². The van der Waals surface area contributed by atoms with E-state index in [0.29, 0.717) is 13.1 Å². The third kappa shape index (κ3) is 2.35. The lowest BCUT2D eigenvalue weighted by atomic mass is 9.95. The number of carbonyl (C=O) groups is 2. The first kappa shape index (κ1) is 13.9. The molecular formula is C17H20N2O2. The number of nitrogens with zero attached hydrogens (tertiary/aromatic N) is 2. The molecule has 21 heavy (non-hydrogen) atoms. The van der Waals surface area contributed by atoms with E-state index in [2.05, 4.69) is 6.58 Å². The second-order valence-electron chi connectivity index (χ2n) is 5.74. The fourth-order valence-corrected chi connectivity index (χ4v) is 3.07. The smallest absolute Gasteiger partial charge is 0.251 e. The largest absolute Gasteiger partial charge is 0.273 e. The average molecular weight is 284 g/mol. The minimum atomic E-state index is -0.404. The topological polar surface area (TPSA) is 40.6 Å². The maximum absolute atomic E-state index is 13.0. The first-order valence-electron chi connectivity index (χ1n) is 7.48. The van der Waals surface area contributed by atoms with Crippen LogP contribution in [-0.4, -0.2) is 34.9 Å². The molecule has 4 heteroatoms. The standard InChI is InChI=1S/C17H20N2O2/c1-2-7-15(20)18-12-6-13-19(18)16(21)17(10-11-17)14-8-4-3-5-9-14/h2-5,8-9H,1,6-7,10-13H2. The summed E-state index contributed by atoms with van der Waals surface area (Å²) < 4.78 is 0. The molecule has 0 spiro atoms. The summed E-state index contributed by atoms with van der Waals surface area (Å²) in [4.78, 5) is 25.1. The van der Waals surface area contributed by atoms with Crippen molar-refractivity contribution < 1.29 is 9.59 Å². The van der Waals surface area contributed by atoms with Crippen molar-refractivity contribution in [2.45, 2.75) is 31.1 Å². The normalized spacial score (nSPS) is 19.4. The molecule has 3 rings (SSSR count). The van der Waals surface area contributed by atoms with Crippen LogP contribution in [0.4, 0.5) is 0 Å². The third-order valence-corrected chi connectivity index (χ3v) is 4.36. The monoisotopic (exact) mass is 284 g/mol. The van der Waals surface area contributed by atoms with Crippen molar-refractivity contribution in [3.8, 4) is 0 Å². The van der Waals surface area contributed by atoms with Gasteiger partial charge >= 0.3 is 0 Å². The summed E-state index contributed by atoms with van der Waals surface area (Å²) in [6.45, 7) is 4.86. The number of hydrogen-bond acceptors (Lipinski definition) is 2. The summed E-state index contributed by atoms with van der Waals surface area (Å²) in [5.41, 5.74) is 0.663. The van der Waals surface area contributed by atoms with Gasteiger partial charge in [-0.05, 0) is 24.8 Å². The van der Waals surface area contributed by atoms with Gasteiger partial charge in [0.25, 0.3) is 5.91 Å². The van der Waals surface area contributed by atoms with Crippen molar-refractivity contribution >= 4 is 11.8 Å². The summed E-state index contributed by atoms with van der Waals surface area (Å²) >= 11 is 0. The number of hydrazine groups is 1. The Labute approximate surface area is 125 Å². The van der Waals surface area contributed by atoms with E-state index in [1.165, 1.54) is 0 Å². The van der Waals surface area contributed by atoms with Gasteiger partial charge in [-0.2, -0.15) is 0 Å². The quantitative estimate of drug-likeness (QED) is 0.796. The van der Waals surface area contributed by atoms with Crippen molar-refractivity contribution in [2.24, 2.45) is 0 Å². The van der Waals surface area contributed by atoms with Crippen LogP contribution in [0.15, 0.2) is 43.0 Å². The van der Waals surface area contributed by atoms with Crippen LogP contribution in [0.2, 0.25) is 0 Å². The summed E-state index contributed by atoms with van der Waals surface area (Å²) in [6.07, 6.45) is 4.46. The van der Waals surface area contributed by atoms with Crippen molar-refractivity contribution in [3.63, 3.8) is 0 Å². The summed E-state index contributed by atoms with van der Waals surface area (Å²) in [7, 11) is 0. The van der Waals surface area contributed by atoms with E-state index in [9.17, 15) is 9.59 Å². The van der Waals surface area contributed by atoms with E-state index in [0.717, 1.165) is 24.8 Å². The highest BCUT2D eigenvalue weighted by Gasteiger charge is 2.54. The fourth-order valence-electron chi connectivity index (χ4n) is 3.07. The molecule has 0 bridgehead atoms. The minimum Gasteiger partial charge on any atom is -0.273 e. The molecule has 0 atom stereocenters. The molecule has 0 radical (unpaired) electrons. The maximum Gasteiger partial charge on any atom is 0.251 e. The zero-order chi connectivity index (χ0) is 14.9. The molecule has 1 aliphatic carbocycles. The van der Waals surface area contributed by atoms with Gasteiger partial charge in [0.1, 0.15) is 0 Å². The van der Waals surface area contributed by atoms with Gasteiger partial charge in [-0.1, -0.05) is 36.4 Å². The predicted octanol–water partition coefficient (Wildman–Crippen LogP) is 2.27. The SMILES string of the molecule is C=CCC(=O)N1CCCN1C(=O)C1(c2ccccc2)CC1. The third-order valence-electron chi connectivity index (χ3n) is 4.36. The van der Waals surface area contributed by atoms with Gasteiger partial charge in [0.2, 0.25) is 5.91 Å². The second-order valence-corrected chi connectivity index (χ2v) is 5.74. The Bertz CT molecular complexity index is 563. The van der Waals surface area contributed by atoms with E-state index < -0.39 is 5.41 Å². The molecule has 1 saturated carbocycles. The lowest BCUT2D eigenvalue weighted by molar-refractivity contribution is -0.159. The van der Waals surface area contributed by atoms with Gasteiger partial charge in [-0.25, -0.2) is 0 Å². The molecule has 1 saturated heterocycles. The minimum absolute atomic E-state index is 0.0419. The Kier molecular flexibility index (Phi) is 3.53. The molecule has 110 valence electrons. The van der Waals surface area contributed by atoms with Crippen molar-refractivity contribution in [1.82, 2.24) is 10.0 Å². The number of rotatable bonds is 4. The lowest BCUT2D eigenvalue weighted by Crippen LogP contribution is -2.48. The van der Waals surface area contributed by atoms with Crippen LogP contribution in [0.1, 0.15) is 31.2 Å². The molecule has 1 aromatic carbocycles. The van der Waals surface area contributed by atoms with Crippen molar-refractivity contribution in [3.05, 3.63) is 48.6 Å². The van der Waals surface area contributed by atoms with Gasteiger partial charge < -0.3 is 0 Å². The summed E-state index contributed by atoms with van der Waals surface area (Å²) in [6, 6.07) is 9.91. The molecular weight excluding hydrogens is 264 g/mol. The van der Waals surface area contributed by atoms with Crippen LogP contribution in [0.5, 0.6) is 0 Å². The first-order valence-corrected chi connectivity index (χ1v) is 7.48. The molecule has 1 heterocycles. The molecule has 0 unspecified atom stereocenters. The van der Waals surface area contributed by atoms with Crippen LogP contribution in [0.3, 0.4) is 0 Å². The lowest BCUT2D eigenvalue weighted by Gasteiger charge is -2.31. The second kappa shape index (κ2) is 5.35. The Balaban J connectivity index is 1.82. The Hall–Kier alpha value is -2.10. The van der Waals surface area contributed by atoms with E-state index in [1.807, 2.05) is 30.3 Å². The molecule has 1 aromatic rings. The molecule has 0 N–H and O–H groups in total. The van der Waals surface area contributed by atoms with Gasteiger partial charge in [0, 0.05) is 19.5 Å². The predicted molar refractivity (Wildman–Crippen MR) is 80.2 cm³/mol. The maximum atomic E-state index is 13.0. The van der Waals surface area contributed by atoms with Crippen LogP contribution in [0, 0.1) is 0 Å². The molecule has 2 fully saturated rings. The fraction of sp³-hybridized carbons (Fsp3) is 0.412. The van der Waals surface area contributed by atoms with Crippen LogP contribution < -0.4 is 0 Å². The summed E-state index contributed by atoms with van der Waals surface area (Å²) in [5, 5.41) is 3.26. The highest BCUT2D eigenvalue weighted by Crippen LogP contribution is 2.50. The Morgan fingerprint density at radius 1 is 1.14 bits per heavy atom. The van der Waals surface area contributed by atoms with Crippen LogP contribution >= 0.6 is 0 Å². The molecule has 0 aromatic heterocycles. The zero-order valence-electron chi connectivity index (χ0n) is 12.1. The highest BCUT2D eigenvalue weighted by atomic mass is 16.2. The molecule has 4 nitrogen and oxygen atoms in total. The average Bonchev–Trinajstić information content (AvgIpc) is 3.18. The van der Waals surface area contributed by atoms with E-state index in [4.69, 9.17) is 0 Å². The van der Waals surface area contributed by atoms with Crippen LogP contribution in [0.25, 0.3) is 0 Å². The van der Waals surface area contributed by atoms with Gasteiger partial charge in [-0.15, -0.1) is 6.58 Å². The number of hydrogen-bond donors (Lipinski definition) is 0. The Morgan fingerprint density at radius 2 is 1.81 bits per heavy atom. The number of carbonyl (C=O) groups excluding carboxylic acids is 2. The van der Waals surface area contributed by atoms with E-state index in [1.54, 1.807) is 16.1 Å². The first-order chi connectivity index (χ1) is 10.2. The number of amides is 2. The molecule has 2 amide bonds. The highest BCUT2D eigenvalue weighted by molar-refractivity contribution is 5.93. The van der Waals surface area contributed by atoms with Gasteiger partial charge in [0.05, 0.1) is 5.41 Å².